The van der Waals surface area contributed by atoms with Crippen LogP contribution in [-0.2, 0) is 16.0 Å². The number of carbonyl (C=O) groups excluding carboxylic acids is 2. The Kier molecular flexibility index (Phi) is 6.79. The van der Waals surface area contributed by atoms with E-state index in [-0.39, 0.29) is 24.5 Å². The van der Waals surface area contributed by atoms with Gasteiger partial charge >= 0.3 is 5.97 Å². The molecule has 29 heavy (non-hydrogen) atoms. The molecule has 0 saturated carbocycles. The van der Waals surface area contributed by atoms with E-state index in [4.69, 9.17) is 4.74 Å². The number of nitrogens with one attached hydrogen (secondary N) is 2. The number of ether oxygens (including phenoxy) is 1. The highest BCUT2D eigenvalue weighted by Crippen LogP contribution is 2.19. The second-order valence-electron chi connectivity index (χ2n) is 7.15. The molecule has 0 aliphatic rings. The first-order valence-corrected chi connectivity index (χ1v) is 9.63. The zero-order valence-electron chi connectivity index (χ0n) is 16.6. The molecule has 3 rings (SSSR count). The van der Waals surface area contributed by atoms with Gasteiger partial charge in [-0.15, -0.1) is 0 Å². The molecular weight excluding hydrogens is 366 g/mol. The quantitative estimate of drug-likeness (QED) is 0.572. The molecular formula is C23H25N3O3. The molecule has 0 aliphatic carbocycles. The SMILES string of the molecule is CC(C)c1[nH]ncc1C(=O)OCC(=O)NC(Cc1ccccc1)c1ccccc1. The Hall–Kier alpha value is -3.41. The van der Waals surface area contributed by atoms with Crippen LogP contribution in [0.5, 0.6) is 0 Å². The number of rotatable bonds is 8. The van der Waals surface area contributed by atoms with Crippen molar-refractivity contribution in [3.63, 3.8) is 0 Å². The molecule has 1 atom stereocenters. The van der Waals surface area contributed by atoms with Gasteiger partial charge in [0.1, 0.15) is 5.56 Å². The third-order valence-electron chi connectivity index (χ3n) is 4.62. The number of H-pyrrole nitrogens is 1. The van der Waals surface area contributed by atoms with E-state index >= 15 is 0 Å². The van der Waals surface area contributed by atoms with Crippen molar-refractivity contribution in [1.29, 1.82) is 0 Å². The number of aromatic nitrogens is 2. The first-order valence-electron chi connectivity index (χ1n) is 9.63. The Morgan fingerprint density at radius 2 is 1.69 bits per heavy atom. The van der Waals surface area contributed by atoms with Crippen molar-refractivity contribution in [1.82, 2.24) is 15.5 Å². The smallest absolute Gasteiger partial charge is 0.342 e. The average Bonchev–Trinajstić information content (AvgIpc) is 3.23. The van der Waals surface area contributed by atoms with Crippen LogP contribution in [0.15, 0.2) is 66.9 Å². The summed E-state index contributed by atoms with van der Waals surface area (Å²) in [4.78, 5) is 24.8. The molecule has 1 unspecified atom stereocenters. The third kappa shape index (κ3) is 5.54. The second kappa shape index (κ2) is 9.68. The lowest BCUT2D eigenvalue weighted by Crippen LogP contribution is -2.33. The summed E-state index contributed by atoms with van der Waals surface area (Å²) in [5.74, 6) is -0.808. The Labute approximate surface area is 170 Å². The number of benzene rings is 2. The Balaban J connectivity index is 1.64. The highest BCUT2D eigenvalue weighted by molar-refractivity contribution is 5.92. The van der Waals surface area contributed by atoms with Crippen LogP contribution in [0.2, 0.25) is 0 Å². The highest BCUT2D eigenvalue weighted by atomic mass is 16.5. The molecule has 0 bridgehead atoms. The van der Waals surface area contributed by atoms with Crippen LogP contribution in [0.1, 0.15) is 53.0 Å². The molecule has 0 spiro atoms. The first-order chi connectivity index (χ1) is 14.0. The van der Waals surface area contributed by atoms with Gasteiger partial charge in [-0.2, -0.15) is 5.10 Å². The zero-order valence-corrected chi connectivity index (χ0v) is 16.6. The maximum absolute atomic E-state index is 12.5. The molecule has 3 aromatic rings. The van der Waals surface area contributed by atoms with Crippen LogP contribution in [0.25, 0.3) is 0 Å². The van der Waals surface area contributed by atoms with Gasteiger partial charge in [0, 0.05) is 0 Å². The Bertz CT molecular complexity index is 936. The maximum atomic E-state index is 12.5. The zero-order chi connectivity index (χ0) is 20.6. The van der Waals surface area contributed by atoms with Crippen molar-refractivity contribution in [2.24, 2.45) is 0 Å². The Morgan fingerprint density at radius 3 is 2.34 bits per heavy atom. The van der Waals surface area contributed by atoms with Gasteiger partial charge in [-0.3, -0.25) is 9.89 Å². The number of hydrogen-bond acceptors (Lipinski definition) is 4. The number of nitrogens with zero attached hydrogens (tertiary/aromatic N) is 1. The molecule has 1 aromatic heterocycles. The summed E-state index contributed by atoms with van der Waals surface area (Å²) in [6.07, 6.45) is 2.07. The number of amides is 1. The van der Waals surface area contributed by atoms with Crippen LogP contribution >= 0.6 is 0 Å². The lowest BCUT2D eigenvalue weighted by molar-refractivity contribution is -0.125. The van der Waals surface area contributed by atoms with Gasteiger partial charge < -0.3 is 10.1 Å². The van der Waals surface area contributed by atoms with Gasteiger partial charge in [-0.25, -0.2) is 4.79 Å². The van der Waals surface area contributed by atoms with Gasteiger partial charge in [0.25, 0.3) is 5.91 Å². The minimum atomic E-state index is -0.558. The predicted octanol–water partition coefficient (Wildman–Crippen LogP) is 3.79. The van der Waals surface area contributed by atoms with Crippen molar-refractivity contribution >= 4 is 11.9 Å². The molecule has 1 heterocycles. The predicted molar refractivity (Wildman–Crippen MR) is 110 cm³/mol. The number of aromatic amines is 1. The molecule has 0 radical (unpaired) electrons. The molecule has 6 heteroatoms. The summed E-state index contributed by atoms with van der Waals surface area (Å²) in [6.45, 7) is 3.55. The normalized spacial score (nSPS) is 11.8. The molecule has 0 saturated heterocycles. The number of carbonyl (C=O) groups is 2. The maximum Gasteiger partial charge on any atom is 0.342 e. The van der Waals surface area contributed by atoms with E-state index in [9.17, 15) is 9.59 Å². The number of hydrogen-bond donors (Lipinski definition) is 2. The minimum absolute atomic E-state index is 0.0993. The fraction of sp³-hybridized carbons (Fsp3) is 0.261. The summed E-state index contributed by atoms with van der Waals surface area (Å²) >= 11 is 0. The standard InChI is InChI=1S/C23H25N3O3/c1-16(2)22-19(14-24-26-22)23(28)29-15-21(27)25-20(18-11-7-4-8-12-18)13-17-9-5-3-6-10-17/h3-12,14,16,20H,13,15H2,1-2H3,(H,24,26)(H,25,27). The van der Waals surface area contributed by atoms with E-state index in [1.807, 2.05) is 74.5 Å². The van der Waals surface area contributed by atoms with Crippen molar-refractivity contribution in [2.75, 3.05) is 6.61 Å². The van der Waals surface area contributed by atoms with Crippen LogP contribution in [0.3, 0.4) is 0 Å². The largest absolute Gasteiger partial charge is 0.452 e. The Morgan fingerprint density at radius 1 is 1.03 bits per heavy atom. The van der Waals surface area contributed by atoms with Crippen molar-refractivity contribution in [3.05, 3.63) is 89.2 Å². The highest BCUT2D eigenvalue weighted by Gasteiger charge is 2.20. The molecule has 0 aliphatic heterocycles. The number of esters is 1. The minimum Gasteiger partial charge on any atom is -0.452 e. The summed E-state index contributed by atoms with van der Waals surface area (Å²) in [5.41, 5.74) is 3.16. The topological polar surface area (TPSA) is 84.1 Å². The van der Waals surface area contributed by atoms with Gasteiger partial charge in [-0.05, 0) is 23.5 Å². The van der Waals surface area contributed by atoms with Gasteiger partial charge in [-0.1, -0.05) is 74.5 Å². The second-order valence-corrected chi connectivity index (χ2v) is 7.15. The van der Waals surface area contributed by atoms with E-state index in [0.29, 0.717) is 17.7 Å². The van der Waals surface area contributed by atoms with Crippen molar-refractivity contribution in [2.45, 2.75) is 32.2 Å². The first kappa shape index (κ1) is 20.3. The lowest BCUT2D eigenvalue weighted by Gasteiger charge is -2.19. The average molecular weight is 391 g/mol. The van der Waals surface area contributed by atoms with Gasteiger partial charge in [0.15, 0.2) is 6.61 Å². The summed E-state index contributed by atoms with van der Waals surface area (Å²) in [6, 6.07) is 19.5. The monoisotopic (exact) mass is 391 g/mol. The molecule has 1 amide bonds. The molecule has 150 valence electrons. The summed E-state index contributed by atoms with van der Waals surface area (Å²) in [7, 11) is 0. The lowest BCUT2D eigenvalue weighted by atomic mass is 9.99. The van der Waals surface area contributed by atoms with Crippen molar-refractivity contribution < 1.29 is 14.3 Å². The molecule has 6 nitrogen and oxygen atoms in total. The fourth-order valence-electron chi connectivity index (χ4n) is 3.13. The van der Waals surface area contributed by atoms with E-state index in [1.54, 1.807) is 0 Å². The van der Waals surface area contributed by atoms with Crippen LogP contribution in [0.4, 0.5) is 0 Å². The van der Waals surface area contributed by atoms with E-state index < -0.39 is 5.97 Å². The van der Waals surface area contributed by atoms with Gasteiger partial charge in [0.2, 0.25) is 0 Å². The van der Waals surface area contributed by atoms with E-state index in [0.717, 1.165) is 11.1 Å². The van der Waals surface area contributed by atoms with Gasteiger partial charge in [0.05, 0.1) is 17.9 Å². The van der Waals surface area contributed by atoms with Crippen LogP contribution < -0.4 is 5.32 Å². The third-order valence-corrected chi connectivity index (χ3v) is 4.62. The summed E-state index contributed by atoms with van der Waals surface area (Å²) in [5, 5.41) is 9.68. The van der Waals surface area contributed by atoms with Crippen LogP contribution in [-0.4, -0.2) is 28.7 Å². The van der Waals surface area contributed by atoms with Crippen molar-refractivity contribution in [3.8, 4) is 0 Å². The van der Waals surface area contributed by atoms with Crippen LogP contribution in [0, 0.1) is 0 Å². The van der Waals surface area contributed by atoms with E-state index in [1.165, 1.54) is 6.20 Å². The fourth-order valence-corrected chi connectivity index (χ4v) is 3.13. The summed E-state index contributed by atoms with van der Waals surface area (Å²) < 4.78 is 5.22. The molecule has 2 aromatic carbocycles. The van der Waals surface area contributed by atoms with E-state index in [2.05, 4.69) is 15.5 Å². The molecule has 0 fully saturated rings. The molecule has 2 N–H and O–H groups in total.